The Bertz CT molecular complexity index is 307. The van der Waals surface area contributed by atoms with Gasteiger partial charge in [0.15, 0.2) is 0 Å². The molecule has 64 valence electrons. The van der Waals surface area contributed by atoms with Crippen LogP contribution in [-0.2, 0) is 13.0 Å². The van der Waals surface area contributed by atoms with Gasteiger partial charge in [-0.1, -0.05) is 17.7 Å². The monoisotopic (exact) mass is 181 g/mol. The molecule has 0 amide bonds. The Kier molecular flexibility index (Phi) is 2.07. The zero-order chi connectivity index (χ0) is 8.55. The second kappa shape index (κ2) is 3.08. The van der Waals surface area contributed by atoms with Crippen LogP contribution in [-0.4, -0.2) is 6.54 Å². The number of nitrogens with one attached hydrogen (secondary N) is 1. The van der Waals surface area contributed by atoms with Crippen LogP contribution in [0, 0.1) is 6.92 Å². The molecule has 0 fully saturated rings. The minimum atomic E-state index is 0.899. The van der Waals surface area contributed by atoms with Crippen LogP contribution >= 0.6 is 11.6 Å². The van der Waals surface area contributed by atoms with E-state index in [1.54, 1.807) is 0 Å². The third-order valence-electron chi connectivity index (χ3n) is 2.50. The normalized spacial score (nSPS) is 15.8. The Morgan fingerprint density at radius 3 is 3.08 bits per heavy atom. The highest BCUT2D eigenvalue weighted by Crippen LogP contribution is 2.24. The number of halogens is 1. The van der Waals surface area contributed by atoms with Gasteiger partial charge in [-0.2, -0.15) is 0 Å². The van der Waals surface area contributed by atoms with Crippen LogP contribution in [0.15, 0.2) is 12.1 Å². The van der Waals surface area contributed by atoms with Crippen molar-refractivity contribution in [2.45, 2.75) is 19.9 Å². The van der Waals surface area contributed by atoms with Crippen LogP contribution in [0.4, 0.5) is 0 Å². The number of rotatable bonds is 0. The summed E-state index contributed by atoms with van der Waals surface area (Å²) in [5.41, 5.74) is 4.11. The summed E-state index contributed by atoms with van der Waals surface area (Å²) in [6.45, 7) is 4.17. The minimum Gasteiger partial charge on any atom is -0.312 e. The third kappa shape index (κ3) is 1.23. The first-order chi connectivity index (χ1) is 5.79. The summed E-state index contributed by atoms with van der Waals surface area (Å²) in [6.07, 6.45) is 1.11. The molecule has 1 N–H and O–H groups in total. The molecule has 0 aromatic heterocycles. The summed E-state index contributed by atoms with van der Waals surface area (Å²) in [7, 11) is 0. The van der Waals surface area contributed by atoms with Gasteiger partial charge in [0.05, 0.1) is 0 Å². The highest BCUT2D eigenvalue weighted by atomic mass is 35.5. The molecular formula is C10H12ClN. The molecule has 0 saturated carbocycles. The third-order valence-corrected chi connectivity index (χ3v) is 2.91. The molecule has 1 nitrogen and oxygen atoms in total. The van der Waals surface area contributed by atoms with Gasteiger partial charge in [0, 0.05) is 11.6 Å². The zero-order valence-corrected chi connectivity index (χ0v) is 7.91. The van der Waals surface area contributed by atoms with E-state index in [0.29, 0.717) is 0 Å². The molecule has 0 saturated heterocycles. The number of fused-ring (bicyclic) bond motifs is 1. The van der Waals surface area contributed by atoms with Gasteiger partial charge < -0.3 is 5.32 Å². The van der Waals surface area contributed by atoms with Gasteiger partial charge in [-0.05, 0) is 42.6 Å². The molecular weight excluding hydrogens is 170 g/mol. The van der Waals surface area contributed by atoms with Crippen molar-refractivity contribution in [2.24, 2.45) is 0 Å². The Balaban J connectivity index is 2.54. The van der Waals surface area contributed by atoms with Crippen molar-refractivity contribution < 1.29 is 0 Å². The molecule has 2 rings (SSSR count). The Morgan fingerprint density at radius 1 is 1.42 bits per heavy atom. The van der Waals surface area contributed by atoms with E-state index in [2.05, 4.69) is 18.3 Å². The topological polar surface area (TPSA) is 12.0 Å². The van der Waals surface area contributed by atoms with Crippen LogP contribution in [0.3, 0.4) is 0 Å². The van der Waals surface area contributed by atoms with Crippen molar-refractivity contribution in [1.82, 2.24) is 5.32 Å². The van der Waals surface area contributed by atoms with E-state index >= 15 is 0 Å². The van der Waals surface area contributed by atoms with E-state index in [4.69, 9.17) is 11.6 Å². The van der Waals surface area contributed by atoms with Crippen LogP contribution in [0.5, 0.6) is 0 Å². The number of benzene rings is 1. The number of hydrogen-bond donors (Lipinski definition) is 1. The summed E-state index contributed by atoms with van der Waals surface area (Å²) in [5.74, 6) is 0. The van der Waals surface area contributed by atoms with Crippen molar-refractivity contribution in [3.8, 4) is 0 Å². The fourth-order valence-electron chi connectivity index (χ4n) is 1.73. The fourth-order valence-corrected chi connectivity index (χ4v) is 1.91. The van der Waals surface area contributed by atoms with Crippen LogP contribution in [0.1, 0.15) is 16.7 Å². The molecule has 0 aliphatic carbocycles. The van der Waals surface area contributed by atoms with E-state index < -0.39 is 0 Å². The lowest BCUT2D eigenvalue weighted by Gasteiger charge is -2.19. The molecule has 0 bridgehead atoms. The SMILES string of the molecule is Cc1c(Cl)ccc2c1CCNC2. The molecule has 0 atom stereocenters. The summed E-state index contributed by atoms with van der Waals surface area (Å²) in [4.78, 5) is 0. The second-order valence-corrected chi connectivity index (χ2v) is 3.64. The van der Waals surface area contributed by atoms with Crippen LogP contribution in [0.25, 0.3) is 0 Å². The predicted octanol–water partition coefficient (Wildman–Crippen LogP) is 2.29. The Hall–Kier alpha value is -0.530. The van der Waals surface area contributed by atoms with E-state index in [0.717, 1.165) is 24.5 Å². The standard InChI is InChI=1S/C10H12ClN/c1-7-9-4-5-12-6-8(9)2-3-10(7)11/h2-3,12H,4-6H2,1H3. The van der Waals surface area contributed by atoms with Gasteiger partial charge in [-0.25, -0.2) is 0 Å². The first-order valence-electron chi connectivity index (χ1n) is 4.26. The lowest BCUT2D eigenvalue weighted by atomic mass is 9.96. The van der Waals surface area contributed by atoms with Crippen LogP contribution < -0.4 is 5.32 Å². The predicted molar refractivity (Wildman–Crippen MR) is 51.6 cm³/mol. The molecule has 12 heavy (non-hydrogen) atoms. The van der Waals surface area contributed by atoms with E-state index in [-0.39, 0.29) is 0 Å². The highest BCUT2D eigenvalue weighted by molar-refractivity contribution is 6.31. The minimum absolute atomic E-state index is 0.899. The average Bonchev–Trinajstić information content (AvgIpc) is 2.12. The molecule has 1 aliphatic rings. The van der Waals surface area contributed by atoms with Gasteiger partial charge in [0.1, 0.15) is 0 Å². The van der Waals surface area contributed by atoms with Gasteiger partial charge in [0.25, 0.3) is 0 Å². The van der Waals surface area contributed by atoms with E-state index in [1.807, 2.05) is 6.07 Å². The van der Waals surface area contributed by atoms with Gasteiger partial charge in [-0.15, -0.1) is 0 Å². The summed E-state index contributed by atoms with van der Waals surface area (Å²) in [5, 5.41) is 4.24. The summed E-state index contributed by atoms with van der Waals surface area (Å²) < 4.78 is 0. The average molecular weight is 182 g/mol. The molecule has 0 unspecified atom stereocenters. The van der Waals surface area contributed by atoms with Crippen molar-refractivity contribution in [3.63, 3.8) is 0 Å². The summed E-state index contributed by atoms with van der Waals surface area (Å²) in [6, 6.07) is 4.11. The maximum Gasteiger partial charge on any atom is 0.0438 e. The molecule has 1 aliphatic heterocycles. The molecule has 0 radical (unpaired) electrons. The van der Waals surface area contributed by atoms with Crippen molar-refractivity contribution in [2.75, 3.05) is 6.54 Å². The van der Waals surface area contributed by atoms with Gasteiger partial charge in [0.2, 0.25) is 0 Å². The highest BCUT2D eigenvalue weighted by Gasteiger charge is 2.11. The Morgan fingerprint density at radius 2 is 2.25 bits per heavy atom. The largest absolute Gasteiger partial charge is 0.312 e. The lowest BCUT2D eigenvalue weighted by molar-refractivity contribution is 0.641. The maximum atomic E-state index is 6.03. The first kappa shape index (κ1) is 8.09. The zero-order valence-electron chi connectivity index (χ0n) is 7.15. The second-order valence-electron chi connectivity index (χ2n) is 3.24. The first-order valence-corrected chi connectivity index (χ1v) is 4.64. The maximum absolute atomic E-state index is 6.03. The van der Waals surface area contributed by atoms with E-state index in [1.165, 1.54) is 16.7 Å². The van der Waals surface area contributed by atoms with Crippen molar-refractivity contribution in [1.29, 1.82) is 0 Å². The summed E-state index contributed by atoms with van der Waals surface area (Å²) >= 11 is 6.03. The van der Waals surface area contributed by atoms with Crippen LogP contribution in [0.2, 0.25) is 5.02 Å². The molecule has 0 spiro atoms. The van der Waals surface area contributed by atoms with Gasteiger partial charge >= 0.3 is 0 Å². The molecule has 2 heteroatoms. The molecule has 1 heterocycles. The van der Waals surface area contributed by atoms with Gasteiger partial charge in [-0.3, -0.25) is 0 Å². The lowest BCUT2D eigenvalue weighted by Crippen LogP contribution is -2.24. The quantitative estimate of drug-likeness (QED) is 0.648. The van der Waals surface area contributed by atoms with Crippen molar-refractivity contribution >= 4 is 11.6 Å². The van der Waals surface area contributed by atoms with Crippen molar-refractivity contribution in [3.05, 3.63) is 33.8 Å². The fraction of sp³-hybridized carbons (Fsp3) is 0.400. The molecule has 1 aromatic carbocycles. The molecule has 1 aromatic rings. The number of hydrogen-bond acceptors (Lipinski definition) is 1. The van der Waals surface area contributed by atoms with E-state index in [9.17, 15) is 0 Å². The smallest absolute Gasteiger partial charge is 0.0438 e. The Labute approximate surface area is 77.7 Å².